The van der Waals surface area contributed by atoms with Crippen LogP contribution in [0.25, 0.3) is 0 Å². The molecule has 0 aliphatic rings. The van der Waals surface area contributed by atoms with Crippen LogP contribution >= 0.6 is 0 Å². The molecule has 0 aliphatic heterocycles. The molecule has 0 atom stereocenters. The maximum atomic E-state index is 12.0. The van der Waals surface area contributed by atoms with Crippen molar-refractivity contribution in [1.29, 1.82) is 0 Å². The van der Waals surface area contributed by atoms with Crippen molar-refractivity contribution in [3.05, 3.63) is 59.2 Å². The molecule has 0 spiro atoms. The van der Waals surface area contributed by atoms with Gasteiger partial charge in [-0.2, -0.15) is 5.10 Å². The summed E-state index contributed by atoms with van der Waals surface area (Å²) in [6.07, 6.45) is 0.605. The molecule has 0 radical (unpaired) electrons. The molecule has 28 heavy (non-hydrogen) atoms. The lowest BCUT2D eigenvalue weighted by Crippen LogP contribution is -2.26. The van der Waals surface area contributed by atoms with Gasteiger partial charge in [-0.3, -0.25) is 4.79 Å². The van der Waals surface area contributed by atoms with Gasteiger partial charge in [0.25, 0.3) is 5.91 Å². The van der Waals surface area contributed by atoms with E-state index in [9.17, 15) is 9.59 Å². The number of benzene rings is 2. The first kappa shape index (κ1) is 21.0. The Morgan fingerprint density at radius 3 is 2.14 bits per heavy atom. The molecule has 7 nitrogen and oxygen atoms in total. The molecule has 1 amide bonds. The molecular formula is C21H24N2O5. The third-order valence-electron chi connectivity index (χ3n) is 3.77. The van der Waals surface area contributed by atoms with Crippen molar-refractivity contribution in [2.45, 2.75) is 27.2 Å². The van der Waals surface area contributed by atoms with Gasteiger partial charge in [0.15, 0.2) is 13.2 Å². The summed E-state index contributed by atoms with van der Waals surface area (Å²) in [4.78, 5) is 22.5. The Morgan fingerprint density at radius 2 is 1.57 bits per heavy atom. The van der Waals surface area contributed by atoms with Crippen molar-refractivity contribution < 1.29 is 24.2 Å². The lowest BCUT2D eigenvalue weighted by Gasteiger charge is -2.09. The molecular weight excluding hydrogens is 360 g/mol. The third kappa shape index (κ3) is 6.75. The second-order valence-electron chi connectivity index (χ2n) is 6.27. The van der Waals surface area contributed by atoms with Gasteiger partial charge in [-0.1, -0.05) is 13.0 Å². The molecule has 2 aromatic rings. The molecule has 0 bridgehead atoms. The van der Waals surface area contributed by atoms with Crippen LogP contribution in [0.4, 0.5) is 0 Å². The zero-order valence-corrected chi connectivity index (χ0v) is 16.2. The van der Waals surface area contributed by atoms with E-state index in [4.69, 9.17) is 14.6 Å². The van der Waals surface area contributed by atoms with Gasteiger partial charge >= 0.3 is 5.97 Å². The van der Waals surface area contributed by atoms with E-state index in [1.807, 2.05) is 39.0 Å². The van der Waals surface area contributed by atoms with E-state index >= 15 is 0 Å². The number of nitrogens with one attached hydrogen (secondary N) is 1. The number of carboxylic acids is 1. The minimum absolute atomic E-state index is 0.134. The number of hydrogen-bond acceptors (Lipinski definition) is 5. The minimum Gasteiger partial charge on any atom is -0.484 e. The number of ether oxygens (including phenoxy) is 2. The maximum Gasteiger partial charge on any atom is 0.341 e. The third-order valence-corrected chi connectivity index (χ3v) is 3.77. The first-order valence-corrected chi connectivity index (χ1v) is 8.89. The van der Waals surface area contributed by atoms with Crippen LogP contribution in [-0.4, -0.2) is 35.9 Å². The normalized spacial score (nSPS) is 11.0. The van der Waals surface area contributed by atoms with Crippen molar-refractivity contribution >= 4 is 17.6 Å². The molecule has 7 heteroatoms. The van der Waals surface area contributed by atoms with Crippen LogP contribution in [0.15, 0.2) is 47.6 Å². The van der Waals surface area contributed by atoms with E-state index in [1.54, 1.807) is 24.3 Å². The number of aryl methyl sites for hydroxylation is 2. The van der Waals surface area contributed by atoms with Crippen LogP contribution in [0.3, 0.4) is 0 Å². The number of amides is 1. The minimum atomic E-state index is -1.04. The quantitative estimate of drug-likeness (QED) is 0.511. The molecule has 0 heterocycles. The zero-order chi connectivity index (χ0) is 20.5. The van der Waals surface area contributed by atoms with Gasteiger partial charge in [0, 0.05) is 0 Å². The van der Waals surface area contributed by atoms with Crippen molar-refractivity contribution in [3.63, 3.8) is 0 Å². The second-order valence-corrected chi connectivity index (χ2v) is 6.27. The largest absolute Gasteiger partial charge is 0.484 e. The monoisotopic (exact) mass is 384 g/mol. The number of hydrazone groups is 1. The van der Waals surface area contributed by atoms with Gasteiger partial charge in [-0.15, -0.1) is 0 Å². The summed E-state index contributed by atoms with van der Waals surface area (Å²) in [6, 6.07) is 12.6. The Kier molecular flexibility index (Phi) is 7.56. The summed E-state index contributed by atoms with van der Waals surface area (Å²) in [5.74, 6) is -0.297. The molecule has 0 aromatic heterocycles. The average molecular weight is 384 g/mol. The fourth-order valence-corrected chi connectivity index (χ4v) is 2.56. The predicted octanol–water partition coefficient (Wildman–Crippen LogP) is 3.08. The Labute approximate surface area is 164 Å². The van der Waals surface area contributed by atoms with Gasteiger partial charge in [-0.05, 0) is 73.4 Å². The Morgan fingerprint density at radius 1 is 0.964 bits per heavy atom. The highest BCUT2D eigenvalue weighted by Crippen LogP contribution is 2.16. The summed E-state index contributed by atoms with van der Waals surface area (Å²) in [5.41, 5.74) is 6.13. The second kappa shape index (κ2) is 10.1. The van der Waals surface area contributed by atoms with Gasteiger partial charge in [0.05, 0.1) is 5.71 Å². The van der Waals surface area contributed by atoms with E-state index in [2.05, 4.69) is 10.5 Å². The standard InChI is InChI=1S/C21H24N2O5/c1-4-19(16-5-7-17(8-6-16)28-13-21(25)26)22-23-20(24)12-27-18-10-14(2)9-15(3)11-18/h5-11H,4,12-13H2,1-3H3,(H,23,24)(H,25,26)/b22-19-. The lowest BCUT2D eigenvalue weighted by molar-refractivity contribution is -0.139. The first-order chi connectivity index (χ1) is 13.4. The van der Waals surface area contributed by atoms with E-state index in [0.29, 0.717) is 23.6 Å². The average Bonchev–Trinajstić information content (AvgIpc) is 2.65. The van der Waals surface area contributed by atoms with Crippen molar-refractivity contribution in [1.82, 2.24) is 5.43 Å². The van der Waals surface area contributed by atoms with Gasteiger partial charge in [-0.25, -0.2) is 10.2 Å². The fraction of sp³-hybridized carbons (Fsp3) is 0.286. The van der Waals surface area contributed by atoms with Gasteiger partial charge in [0.1, 0.15) is 11.5 Å². The van der Waals surface area contributed by atoms with E-state index in [1.165, 1.54) is 0 Å². The fourth-order valence-electron chi connectivity index (χ4n) is 2.56. The van der Waals surface area contributed by atoms with Crippen LogP contribution in [0.2, 0.25) is 0 Å². The molecule has 0 aliphatic carbocycles. The van der Waals surface area contributed by atoms with Gasteiger partial charge < -0.3 is 14.6 Å². The van der Waals surface area contributed by atoms with Crippen LogP contribution in [0.5, 0.6) is 11.5 Å². The number of carboxylic acid groups (broad SMARTS) is 1. The maximum absolute atomic E-state index is 12.0. The van der Waals surface area contributed by atoms with Gasteiger partial charge in [0.2, 0.25) is 0 Å². The molecule has 0 fully saturated rings. The van der Waals surface area contributed by atoms with E-state index in [0.717, 1.165) is 16.7 Å². The Hall–Kier alpha value is -3.35. The van der Waals surface area contributed by atoms with E-state index in [-0.39, 0.29) is 12.5 Å². The van der Waals surface area contributed by atoms with Crippen molar-refractivity contribution in [2.75, 3.05) is 13.2 Å². The van der Waals surface area contributed by atoms with Crippen LogP contribution < -0.4 is 14.9 Å². The summed E-state index contributed by atoms with van der Waals surface area (Å²) in [7, 11) is 0. The van der Waals surface area contributed by atoms with E-state index < -0.39 is 12.6 Å². The molecule has 0 saturated heterocycles. The molecule has 148 valence electrons. The molecule has 2 rings (SSSR count). The summed E-state index contributed by atoms with van der Waals surface area (Å²) >= 11 is 0. The predicted molar refractivity (Wildman–Crippen MR) is 106 cm³/mol. The molecule has 0 unspecified atom stereocenters. The Balaban J connectivity index is 1.92. The highest BCUT2D eigenvalue weighted by atomic mass is 16.5. The summed E-state index contributed by atoms with van der Waals surface area (Å²) < 4.78 is 10.6. The number of rotatable bonds is 9. The number of carbonyl (C=O) groups is 2. The van der Waals surface area contributed by atoms with Crippen LogP contribution in [0.1, 0.15) is 30.0 Å². The number of carbonyl (C=O) groups excluding carboxylic acids is 1. The smallest absolute Gasteiger partial charge is 0.341 e. The topological polar surface area (TPSA) is 97.2 Å². The number of hydrogen-bond donors (Lipinski definition) is 2. The molecule has 0 saturated carbocycles. The number of nitrogens with zero attached hydrogens (tertiary/aromatic N) is 1. The first-order valence-electron chi connectivity index (χ1n) is 8.89. The Bertz CT molecular complexity index is 839. The van der Waals surface area contributed by atoms with Crippen LogP contribution in [0, 0.1) is 13.8 Å². The molecule has 2 aromatic carbocycles. The molecule has 2 N–H and O–H groups in total. The highest BCUT2D eigenvalue weighted by molar-refractivity contribution is 6.01. The zero-order valence-electron chi connectivity index (χ0n) is 16.2. The lowest BCUT2D eigenvalue weighted by atomic mass is 10.1. The number of aliphatic carboxylic acids is 1. The van der Waals surface area contributed by atoms with Crippen LogP contribution in [-0.2, 0) is 9.59 Å². The van der Waals surface area contributed by atoms with Crippen molar-refractivity contribution in [2.24, 2.45) is 5.10 Å². The summed E-state index contributed by atoms with van der Waals surface area (Å²) in [6.45, 7) is 5.33. The highest BCUT2D eigenvalue weighted by Gasteiger charge is 2.06. The summed E-state index contributed by atoms with van der Waals surface area (Å²) in [5, 5.41) is 12.8. The SMILES string of the molecule is CC/C(=N/NC(=O)COc1cc(C)cc(C)c1)c1ccc(OCC(=O)O)cc1. The van der Waals surface area contributed by atoms with Crippen molar-refractivity contribution in [3.8, 4) is 11.5 Å².